The number of benzene rings is 6. The van der Waals surface area contributed by atoms with Gasteiger partial charge in [-0.15, -0.1) is 0 Å². The molecule has 0 aliphatic carbocycles. The Morgan fingerprint density at radius 2 is 1.01 bits per heavy atom. The zero-order valence-electron chi connectivity index (χ0n) is 39.7. The van der Waals surface area contributed by atoms with Gasteiger partial charge in [-0.1, -0.05) is 135 Å². The van der Waals surface area contributed by atoms with E-state index in [1.165, 1.54) is 40.7 Å². The molecule has 350 valence electrons. The van der Waals surface area contributed by atoms with Crippen LogP contribution in [0.25, 0.3) is 0 Å². The number of hydrogen-bond donors (Lipinski definition) is 3. The number of fused-ring (bicyclic) bond motifs is 2. The lowest BCUT2D eigenvalue weighted by atomic mass is 9.73. The highest BCUT2D eigenvalue weighted by Gasteiger charge is 2.47. The number of nitrogens with two attached hydrogens (primary N) is 1. The van der Waals surface area contributed by atoms with Crippen molar-refractivity contribution in [3.63, 3.8) is 0 Å². The molecule has 0 spiro atoms. The predicted octanol–water partition coefficient (Wildman–Crippen LogP) is 10.2. The summed E-state index contributed by atoms with van der Waals surface area (Å²) in [5.74, 6) is 0.296. The highest BCUT2D eigenvalue weighted by atomic mass is 16.5. The first-order chi connectivity index (χ1) is 32.0. The molecular formula is C56H66N6O5. The fourth-order valence-corrected chi connectivity index (χ4v) is 9.91. The van der Waals surface area contributed by atoms with Crippen molar-refractivity contribution in [2.75, 3.05) is 37.1 Å². The molecule has 11 nitrogen and oxygen atoms in total. The number of rotatable bonds is 15. The van der Waals surface area contributed by atoms with Crippen LogP contribution in [0.2, 0.25) is 0 Å². The Kier molecular flexibility index (Phi) is 18.0. The summed E-state index contributed by atoms with van der Waals surface area (Å²) in [4.78, 5) is 39.4. The van der Waals surface area contributed by atoms with Crippen molar-refractivity contribution in [1.82, 2.24) is 11.6 Å². The van der Waals surface area contributed by atoms with E-state index in [0.717, 1.165) is 38.6 Å². The molecule has 0 aromatic heterocycles. The van der Waals surface area contributed by atoms with Gasteiger partial charge in [0.25, 0.3) is 11.8 Å². The lowest BCUT2D eigenvalue weighted by Gasteiger charge is -2.36. The smallest absolute Gasteiger partial charge is 0.275 e. The first kappa shape index (κ1) is 50.8. The number of methoxy groups -OCH3 is 2. The molecule has 11 heteroatoms. The fourth-order valence-electron chi connectivity index (χ4n) is 9.91. The summed E-state index contributed by atoms with van der Waals surface area (Å²) in [6.45, 7) is 10.9. The topological polar surface area (TPSA) is 162 Å². The summed E-state index contributed by atoms with van der Waals surface area (Å²) in [6, 6.07) is 53.0. The maximum Gasteiger partial charge on any atom is 0.275 e. The molecule has 0 saturated carbocycles. The van der Waals surface area contributed by atoms with Crippen LogP contribution in [0.4, 0.5) is 11.4 Å². The summed E-state index contributed by atoms with van der Waals surface area (Å²) in [5, 5.41) is 4.28. The Hall–Kier alpha value is -7.24. The maximum absolute atomic E-state index is 12.6. The highest BCUT2D eigenvalue weighted by Crippen LogP contribution is 2.49. The van der Waals surface area contributed by atoms with Crippen LogP contribution in [0.5, 0.6) is 11.5 Å². The summed E-state index contributed by atoms with van der Waals surface area (Å²) < 4.78 is 10.2. The van der Waals surface area contributed by atoms with Crippen LogP contribution in [0, 0.1) is 0 Å². The number of nitrogens with zero attached hydrogens (tertiary/aromatic N) is 3. The number of nitrogens with one attached hydrogen (secondary N) is 1. The number of amides is 2. The summed E-state index contributed by atoms with van der Waals surface area (Å²) in [5.41, 5.74) is 16.5. The van der Waals surface area contributed by atoms with Gasteiger partial charge in [-0.3, -0.25) is 9.59 Å². The maximum atomic E-state index is 12.6. The Morgan fingerprint density at radius 3 is 1.45 bits per heavy atom. The van der Waals surface area contributed by atoms with Crippen LogP contribution in [0.15, 0.2) is 163 Å². The minimum atomic E-state index is -0.470. The molecule has 0 fully saturated rings. The Labute approximate surface area is 396 Å². The number of ether oxygens (including phenoxy) is 2. The second-order valence-electron chi connectivity index (χ2n) is 17.0. The number of carbonyl (C=O) groups is 3. The Morgan fingerprint density at radius 1 is 0.612 bits per heavy atom. The molecule has 4 unspecified atom stereocenters. The number of hydrazone groups is 1. The van der Waals surface area contributed by atoms with Gasteiger partial charge in [0.15, 0.2) is 0 Å². The van der Waals surface area contributed by atoms with E-state index in [-0.39, 0.29) is 35.0 Å². The molecule has 2 aliphatic rings. The van der Waals surface area contributed by atoms with Crippen LogP contribution in [-0.4, -0.2) is 63.7 Å². The zero-order chi connectivity index (χ0) is 47.1. The van der Waals surface area contributed by atoms with E-state index in [4.69, 9.17) is 15.2 Å². The van der Waals surface area contributed by atoms with E-state index < -0.39 is 5.91 Å². The van der Waals surface area contributed by atoms with Crippen LogP contribution in [-0.2, 0) is 28.5 Å². The first-order valence-corrected chi connectivity index (χ1v) is 22.7. The zero-order valence-corrected chi connectivity index (χ0v) is 39.7. The van der Waals surface area contributed by atoms with Crippen LogP contribution in [0.1, 0.15) is 83.5 Å². The van der Waals surface area contributed by atoms with E-state index in [0.29, 0.717) is 29.0 Å². The molecule has 0 saturated heterocycles. The van der Waals surface area contributed by atoms with Crippen molar-refractivity contribution in [1.29, 1.82) is 0 Å². The number of carbonyl (C=O) groups excluding carboxylic acids is 3. The fraction of sp³-hybridized carbons (Fsp3) is 0.286. The van der Waals surface area contributed by atoms with Gasteiger partial charge in [0.2, 0.25) is 0 Å². The van der Waals surface area contributed by atoms with Gasteiger partial charge in [0.05, 0.1) is 25.3 Å². The number of para-hydroxylation sites is 4. The van der Waals surface area contributed by atoms with Gasteiger partial charge in [-0.25, -0.2) is 5.43 Å². The molecule has 2 aliphatic heterocycles. The molecule has 6 aromatic rings. The van der Waals surface area contributed by atoms with E-state index in [1.807, 2.05) is 18.3 Å². The summed E-state index contributed by atoms with van der Waals surface area (Å²) in [7, 11) is 3.06. The molecule has 0 bridgehead atoms. The molecular weight excluding hydrogens is 837 g/mol. The summed E-state index contributed by atoms with van der Waals surface area (Å²) >= 11 is 0. The van der Waals surface area contributed by atoms with E-state index in [9.17, 15) is 14.4 Å². The van der Waals surface area contributed by atoms with Gasteiger partial charge >= 0.3 is 0 Å². The monoisotopic (exact) mass is 903 g/mol. The lowest BCUT2D eigenvalue weighted by Crippen LogP contribution is -2.44. The average Bonchev–Trinajstić information content (AvgIpc) is 3.73. The summed E-state index contributed by atoms with van der Waals surface area (Å²) in [6.07, 6.45) is 6.09. The third kappa shape index (κ3) is 11.4. The molecule has 0 radical (unpaired) electrons. The SMILES string of the molecule is CCN1c2ccccc2C(C)(Cc2ccccc2)C1C/C=N/NC(=O)c1ccccc1OC.CCN1c2ccccc2C(C)(Cc2ccccc2)C1CC=O.COc1ccccc1C(N)=O.N. The molecule has 2 amide bonds. The van der Waals surface area contributed by atoms with Crippen LogP contribution < -0.4 is 36.6 Å². The molecule has 8 rings (SSSR count). The largest absolute Gasteiger partial charge is 0.496 e. The van der Waals surface area contributed by atoms with Gasteiger partial charge in [-0.05, 0) is 85.3 Å². The van der Waals surface area contributed by atoms with Crippen molar-refractivity contribution >= 4 is 35.7 Å². The van der Waals surface area contributed by atoms with Gasteiger partial charge < -0.3 is 36.0 Å². The normalized spacial score (nSPS) is 18.8. The number of likely N-dealkylation sites (N-methyl/N-ethyl adjacent to an activating group) is 2. The number of anilines is 2. The Balaban J connectivity index is 0.000000212. The highest BCUT2D eigenvalue weighted by molar-refractivity contribution is 5.97. The minimum Gasteiger partial charge on any atom is -0.496 e. The second-order valence-corrected chi connectivity index (χ2v) is 17.0. The van der Waals surface area contributed by atoms with Gasteiger partial charge in [-0.2, -0.15) is 5.10 Å². The van der Waals surface area contributed by atoms with Crippen molar-refractivity contribution in [3.8, 4) is 11.5 Å². The van der Waals surface area contributed by atoms with E-state index >= 15 is 0 Å². The van der Waals surface area contributed by atoms with Crippen LogP contribution >= 0.6 is 0 Å². The number of aldehydes is 1. The van der Waals surface area contributed by atoms with Crippen molar-refractivity contribution in [2.24, 2.45) is 10.8 Å². The molecule has 6 aromatic carbocycles. The average molecular weight is 903 g/mol. The Bertz CT molecular complexity index is 2570. The molecule has 2 heterocycles. The quantitative estimate of drug-likeness (QED) is 0.0521. The third-order valence-corrected chi connectivity index (χ3v) is 13.0. The predicted molar refractivity (Wildman–Crippen MR) is 272 cm³/mol. The van der Waals surface area contributed by atoms with Crippen LogP contribution in [0.3, 0.4) is 0 Å². The standard InChI is InChI=1S/C28H31N3O2.C20H23NO.C8H9NO2.H3N/c1-4-31-24-16-10-9-15-23(24)28(2,20-21-12-6-5-7-13-21)26(31)18-19-29-30-27(32)22-14-8-11-17-25(22)33-3;1-3-21-18-12-8-7-11-17(18)20(2,19(21)13-14-22)15-16-9-5-4-6-10-16;1-11-7-5-3-2-4-6(7)8(9)10;/h5-17,19,26H,4,18,20H2,1-3H3,(H,30,32);4-12,14,19H,3,13,15H2,1-2H3;2-5H,1H3,(H2,9,10);1H3/b29-19+;;;. The molecule has 6 N–H and O–H groups in total. The first-order valence-electron chi connectivity index (χ1n) is 22.7. The lowest BCUT2D eigenvalue weighted by molar-refractivity contribution is -0.108. The van der Waals surface area contributed by atoms with Crippen molar-refractivity contribution in [2.45, 2.75) is 76.3 Å². The number of hydrogen-bond acceptors (Lipinski definition) is 9. The van der Waals surface area contributed by atoms with Gasteiger partial charge in [0.1, 0.15) is 17.8 Å². The third-order valence-electron chi connectivity index (χ3n) is 13.0. The minimum absolute atomic E-state index is 0. The van der Waals surface area contributed by atoms with E-state index in [1.54, 1.807) is 43.5 Å². The van der Waals surface area contributed by atoms with Gasteiger partial charge in [0, 0.05) is 66.4 Å². The van der Waals surface area contributed by atoms with E-state index in [2.05, 4.69) is 157 Å². The molecule has 67 heavy (non-hydrogen) atoms. The second kappa shape index (κ2) is 23.8. The van der Waals surface area contributed by atoms with Crippen molar-refractivity contribution in [3.05, 3.63) is 191 Å². The number of primary amides is 1. The molecule has 4 atom stereocenters. The van der Waals surface area contributed by atoms with Crippen molar-refractivity contribution < 1.29 is 23.9 Å².